The molecule has 0 spiro atoms. The zero-order valence-corrected chi connectivity index (χ0v) is 10.6. The third-order valence-corrected chi connectivity index (χ3v) is 3.45. The number of hydrogen-bond acceptors (Lipinski definition) is 4. The number of nitro benzene ring substituents is 1. The van der Waals surface area contributed by atoms with Crippen LogP contribution < -0.4 is 10.6 Å². The van der Waals surface area contributed by atoms with Gasteiger partial charge in [0.1, 0.15) is 0 Å². The van der Waals surface area contributed by atoms with Gasteiger partial charge in [-0.2, -0.15) is 13.2 Å². The van der Waals surface area contributed by atoms with Gasteiger partial charge in [0.15, 0.2) is 0 Å². The molecule has 2 N–H and O–H groups in total. The Morgan fingerprint density at radius 3 is 2.65 bits per heavy atom. The third-order valence-electron chi connectivity index (χ3n) is 3.45. The van der Waals surface area contributed by atoms with Crippen molar-refractivity contribution in [1.29, 1.82) is 0 Å². The molecule has 1 fully saturated rings. The summed E-state index contributed by atoms with van der Waals surface area (Å²) >= 11 is 0. The van der Waals surface area contributed by atoms with E-state index in [9.17, 15) is 23.3 Å². The Morgan fingerprint density at radius 1 is 1.40 bits per heavy atom. The molecule has 0 amide bonds. The van der Waals surface area contributed by atoms with Gasteiger partial charge in [-0.1, -0.05) is 0 Å². The molecule has 0 saturated carbocycles. The Balaban J connectivity index is 2.21. The quantitative estimate of drug-likeness (QED) is 0.516. The first-order valence-electron chi connectivity index (χ1n) is 6.14. The van der Waals surface area contributed by atoms with Gasteiger partial charge in [-0.15, -0.1) is 0 Å². The van der Waals surface area contributed by atoms with Gasteiger partial charge in [0.2, 0.25) is 0 Å². The first-order valence-corrected chi connectivity index (χ1v) is 6.14. The van der Waals surface area contributed by atoms with Crippen molar-refractivity contribution in [3.8, 4) is 0 Å². The van der Waals surface area contributed by atoms with Crippen LogP contribution in [0.5, 0.6) is 0 Å². The van der Waals surface area contributed by atoms with Gasteiger partial charge in [0.25, 0.3) is 5.69 Å². The van der Waals surface area contributed by atoms with Crippen molar-refractivity contribution >= 4 is 17.1 Å². The van der Waals surface area contributed by atoms with E-state index in [1.165, 1.54) is 18.2 Å². The maximum absolute atomic E-state index is 12.8. The highest BCUT2D eigenvalue weighted by molar-refractivity contribution is 5.70. The third kappa shape index (κ3) is 2.94. The molecule has 8 heteroatoms. The Bertz CT molecular complexity index is 519. The molecule has 1 aliphatic heterocycles. The smallest absolute Gasteiger partial charge is 0.393 e. The predicted molar refractivity (Wildman–Crippen MR) is 68.5 cm³/mol. The molecular weight excluding hydrogens is 275 g/mol. The Labute approximate surface area is 113 Å². The van der Waals surface area contributed by atoms with Crippen LogP contribution in [-0.2, 0) is 0 Å². The van der Waals surface area contributed by atoms with E-state index in [-0.39, 0.29) is 24.3 Å². The van der Waals surface area contributed by atoms with Crippen LogP contribution in [0.15, 0.2) is 18.2 Å². The van der Waals surface area contributed by atoms with Crippen LogP contribution in [0.3, 0.4) is 0 Å². The molecule has 0 bridgehead atoms. The second kappa shape index (κ2) is 5.18. The van der Waals surface area contributed by atoms with E-state index in [1.807, 2.05) is 0 Å². The van der Waals surface area contributed by atoms with E-state index in [1.54, 1.807) is 4.90 Å². The molecular formula is C12H14F3N3O2. The van der Waals surface area contributed by atoms with Crippen LogP contribution >= 0.6 is 0 Å². The van der Waals surface area contributed by atoms with Gasteiger partial charge in [-0.25, -0.2) is 0 Å². The van der Waals surface area contributed by atoms with Crippen LogP contribution in [0.4, 0.5) is 30.2 Å². The first kappa shape index (κ1) is 14.4. The average Bonchev–Trinajstić information content (AvgIpc) is 2.37. The number of nitrogens with two attached hydrogens (primary N) is 1. The minimum atomic E-state index is -4.23. The summed E-state index contributed by atoms with van der Waals surface area (Å²) in [6.45, 7) is 0.306. The number of benzene rings is 1. The molecule has 20 heavy (non-hydrogen) atoms. The molecule has 2 rings (SSSR count). The van der Waals surface area contributed by atoms with Crippen LogP contribution in [0.2, 0.25) is 0 Å². The van der Waals surface area contributed by atoms with Gasteiger partial charge in [-0.05, 0) is 18.9 Å². The zero-order chi connectivity index (χ0) is 14.9. The van der Waals surface area contributed by atoms with Crippen molar-refractivity contribution in [2.75, 3.05) is 23.7 Å². The summed E-state index contributed by atoms with van der Waals surface area (Å²) in [6, 6.07) is 3.83. The number of nitro groups is 1. The Kier molecular flexibility index (Phi) is 3.74. The molecule has 110 valence electrons. The molecule has 0 aromatic heterocycles. The molecule has 1 saturated heterocycles. The van der Waals surface area contributed by atoms with E-state index >= 15 is 0 Å². The molecule has 5 nitrogen and oxygen atoms in total. The normalized spacial score (nSPS) is 19.9. The maximum atomic E-state index is 12.8. The molecule has 1 atom stereocenters. The lowest BCUT2D eigenvalue weighted by Gasteiger charge is -2.35. The number of nitrogen functional groups attached to an aromatic ring is 1. The van der Waals surface area contributed by atoms with Crippen molar-refractivity contribution < 1.29 is 18.1 Å². The lowest BCUT2D eigenvalue weighted by atomic mass is 9.97. The van der Waals surface area contributed by atoms with Gasteiger partial charge in [-0.3, -0.25) is 10.1 Å². The monoisotopic (exact) mass is 289 g/mol. The van der Waals surface area contributed by atoms with Crippen molar-refractivity contribution in [2.45, 2.75) is 19.0 Å². The number of non-ortho nitro benzene ring substituents is 1. The van der Waals surface area contributed by atoms with Crippen LogP contribution in [0, 0.1) is 16.0 Å². The first-order chi connectivity index (χ1) is 9.29. The van der Waals surface area contributed by atoms with Crippen LogP contribution in [0.25, 0.3) is 0 Å². The number of hydrogen-bond donors (Lipinski definition) is 1. The lowest BCUT2D eigenvalue weighted by molar-refractivity contribution is -0.384. The number of alkyl halides is 3. The van der Waals surface area contributed by atoms with Gasteiger partial charge >= 0.3 is 6.18 Å². The molecule has 1 unspecified atom stereocenters. The predicted octanol–water partition coefficient (Wildman–Crippen LogP) is 2.96. The Morgan fingerprint density at radius 2 is 2.10 bits per heavy atom. The summed E-state index contributed by atoms with van der Waals surface area (Å²) in [7, 11) is 0. The minimum Gasteiger partial charge on any atom is -0.397 e. The van der Waals surface area contributed by atoms with Crippen molar-refractivity contribution in [1.82, 2.24) is 0 Å². The number of nitrogens with zero attached hydrogens (tertiary/aromatic N) is 2. The fourth-order valence-electron chi connectivity index (χ4n) is 2.41. The summed E-state index contributed by atoms with van der Waals surface area (Å²) in [4.78, 5) is 11.6. The number of halogens is 3. The second-order valence-electron chi connectivity index (χ2n) is 4.83. The van der Waals surface area contributed by atoms with Gasteiger partial charge in [0.05, 0.1) is 22.2 Å². The molecule has 1 aliphatic rings. The summed E-state index contributed by atoms with van der Waals surface area (Å²) in [5.41, 5.74) is 6.09. The summed E-state index contributed by atoms with van der Waals surface area (Å²) in [6.07, 6.45) is -3.71. The maximum Gasteiger partial charge on any atom is 0.393 e. The summed E-state index contributed by atoms with van der Waals surface area (Å²) in [5, 5.41) is 10.6. The minimum absolute atomic E-state index is 0.104. The highest BCUT2D eigenvalue weighted by Gasteiger charge is 2.42. The average molecular weight is 289 g/mol. The topological polar surface area (TPSA) is 72.4 Å². The zero-order valence-electron chi connectivity index (χ0n) is 10.6. The van der Waals surface area contributed by atoms with E-state index in [0.717, 1.165) is 0 Å². The van der Waals surface area contributed by atoms with Crippen molar-refractivity contribution in [3.63, 3.8) is 0 Å². The van der Waals surface area contributed by atoms with E-state index in [2.05, 4.69) is 0 Å². The second-order valence-corrected chi connectivity index (χ2v) is 4.83. The summed E-state index contributed by atoms with van der Waals surface area (Å²) in [5.74, 6) is -1.38. The molecule has 1 aromatic rings. The lowest BCUT2D eigenvalue weighted by Crippen LogP contribution is -2.42. The van der Waals surface area contributed by atoms with Gasteiger partial charge < -0.3 is 10.6 Å². The highest BCUT2D eigenvalue weighted by Crippen LogP contribution is 2.36. The highest BCUT2D eigenvalue weighted by atomic mass is 19.4. The number of rotatable bonds is 2. The summed E-state index contributed by atoms with van der Waals surface area (Å²) < 4.78 is 38.3. The van der Waals surface area contributed by atoms with E-state index in [0.29, 0.717) is 18.7 Å². The molecule has 1 aromatic carbocycles. The van der Waals surface area contributed by atoms with Crippen molar-refractivity contribution in [2.24, 2.45) is 5.92 Å². The van der Waals surface area contributed by atoms with Gasteiger partial charge in [0, 0.05) is 25.2 Å². The SMILES string of the molecule is Nc1cc([N+](=O)[O-])ccc1N1CCCC(C(F)(F)F)C1. The van der Waals surface area contributed by atoms with Crippen molar-refractivity contribution in [3.05, 3.63) is 28.3 Å². The van der Waals surface area contributed by atoms with E-state index in [4.69, 9.17) is 5.73 Å². The number of piperidine rings is 1. The fourth-order valence-corrected chi connectivity index (χ4v) is 2.41. The molecule has 1 heterocycles. The largest absolute Gasteiger partial charge is 0.397 e. The Hall–Kier alpha value is -1.99. The van der Waals surface area contributed by atoms with Crippen LogP contribution in [0.1, 0.15) is 12.8 Å². The standard InChI is InChI=1S/C12H14F3N3O2/c13-12(14,15)8-2-1-5-17(7-8)11-4-3-9(18(19)20)6-10(11)16/h3-4,6,8H,1-2,5,7,16H2. The number of anilines is 2. The van der Waals surface area contributed by atoms with E-state index < -0.39 is 17.0 Å². The molecule has 0 aliphatic carbocycles. The fraction of sp³-hybridized carbons (Fsp3) is 0.500. The van der Waals surface area contributed by atoms with Crippen LogP contribution in [-0.4, -0.2) is 24.2 Å². The molecule has 0 radical (unpaired) electrons.